The summed E-state index contributed by atoms with van der Waals surface area (Å²) in [6.45, 7) is 8.79. The van der Waals surface area contributed by atoms with Gasteiger partial charge in [0.2, 0.25) is 0 Å². The molecule has 4 nitrogen and oxygen atoms in total. The summed E-state index contributed by atoms with van der Waals surface area (Å²) in [6.07, 6.45) is 5.21. The summed E-state index contributed by atoms with van der Waals surface area (Å²) < 4.78 is 5.61. The molecule has 0 aromatic heterocycles. The summed E-state index contributed by atoms with van der Waals surface area (Å²) in [5.41, 5.74) is -0.400. The van der Waals surface area contributed by atoms with Crippen LogP contribution < -0.4 is 5.32 Å². The largest absolute Gasteiger partial charge is 0.444 e. The van der Waals surface area contributed by atoms with Gasteiger partial charge in [0.05, 0.1) is 6.04 Å². The number of hydrogen-bond donors (Lipinski definition) is 1. The summed E-state index contributed by atoms with van der Waals surface area (Å²) in [6, 6.07) is 0.351. The first-order valence-corrected chi connectivity index (χ1v) is 8.16. The minimum Gasteiger partial charge on any atom is -0.444 e. The van der Waals surface area contributed by atoms with Gasteiger partial charge in [-0.1, -0.05) is 19.3 Å². The number of likely N-dealkylation sites (tertiary alicyclic amines) is 1. The molecule has 0 radical (unpaired) electrons. The Morgan fingerprint density at radius 2 is 1.95 bits per heavy atom. The van der Waals surface area contributed by atoms with Crippen molar-refractivity contribution >= 4 is 6.09 Å². The molecule has 3 atom stereocenters. The number of carbonyl (C=O) groups is 1. The van der Waals surface area contributed by atoms with Crippen molar-refractivity contribution < 1.29 is 9.53 Å². The topological polar surface area (TPSA) is 41.6 Å². The van der Waals surface area contributed by atoms with Gasteiger partial charge >= 0.3 is 6.09 Å². The van der Waals surface area contributed by atoms with Crippen molar-refractivity contribution in [3.8, 4) is 0 Å². The van der Waals surface area contributed by atoms with Gasteiger partial charge in [0.1, 0.15) is 5.60 Å². The van der Waals surface area contributed by atoms with Crippen molar-refractivity contribution in [3.63, 3.8) is 0 Å². The van der Waals surface area contributed by atoms with Crippen LogP contribution in [0.5, 0.6) is 0 Å². The molecule has 3 aliphatic rings. The normalized spacial score (nSPS) is 34.5. The number of fused-ring (bicyclic) bond motifs is 1. The molecule has 1 aliphatic carbocycles. The molecule has 4 heteroatoms. The molecule has 3 fully saturated rings. The standard InChI is InChI=1S/C16H28N2O2/c1-16(2,3)20-15(19)18-10-13(11-5-4-6-11)12-7-8-17-9-14(12)18/h11-14,17H,4-10H2,1-3H3/t12-,13?,14-/m0/s1. The van der Waals surface area contributed by atoms with Crippen molar-refractivity contribution in [1.82, 2.24) is 10.2 Å². The third-order valence-corrected chi connectivity index (χ3v) is 5.24. The number of ether oxygens (including phenoxy) is 1. The maximum Gasteiger partial charge on any atom is 0.410 e. The van der Waals surface area contributed by atoms with Gasteiger partial charge < -0.3 is 15.0 Å². The predicted octanol–water partition coefficient (Wildman–Crippen LogP) is 2.63. The van der Waals surface area contributed by atoms with Gasteiger partial charge in [-0.25, -0.2) is 4.79 Å². The van der Waals surface area contributed by atoms with Crippen molar-refractivity contribution in [2.24, 2.45) is 17.8 Å². The lowest BCUT2D eigenvalue weighted by Gasteiger charge is -2.37. The van der Waals surface area contributed by atoms with Crippen LogP contribution in [0.2, 0.25) is 0 Å². The Morgan fingerprint density at radius 1 is 1.20 bits per heavy atom. The Bertz CT molecular complexity index is 373. The highest BCUT2D eigenvalue weighted by Gasteiger charge is 2.49. The quantitative estimate of drug-likeness (QED) is 0.803. The minimum atomic E-state index is -0.400. The van der Waals surface area contributed by atoms with Crippen LogP contribution in [-0.2, 0) is 4.74 Å². The van der Waals surface area contributed by atoms with Crippen molar-refractivity contribution in [3.05, 3.63) is 0 Å². The van der Waals surface area contributed by atoms with Crippen LogP contribution in [-0.4, -0.2) is 42.3 Å². The van der Waals surface area contributed by atoms with E-state index in [4.69, 9.17) is 4.74 Å². The van der Waals surface area contributed by atoms with Crippen LogP contribution >= 0.6 is 0 Å². The molecule has 0 aromatic rings. The van der Waals surface area contributed by atoms with Crippen molar-refractivity contribution in [1.29, 1.82) is 0 Å². The van der Waals surface area contributed by atoms with E-state index in [0.29, 0.717) is 17.9 Å². The number of piperidine rings is 1. The molecule has 0 aromatic carbocycles. The molecule has 1 saturated carbocycles. The molecule has 2 heterocycles. The number of carbonyl (C=O) groups excluding carboxylic acids is 1. The SMILES string of the molecule is CC(C)(C)OC(=O)N1CC(C2CCC2)[C@@H]2CCNC[C@@H]21. The van der Waals surface area contributed by atoms with Crippen LogP contribution in [0, 0.1) is 17.8 Å². The summed E-state index contributed by atoms with van der Waals surface area (Å²) in [5, 5.41) is 3.45. The molecule has 20 heavy (non-hydrogen) atoms. The van der Waals surface area contributed by atoms with Gasteiger partial charge in [0, 0.05) is 13.1 Å². The van der Waals surface area contributed by atoms with Gasteiger partial charge in [0.25, 0.3) is 0 Å². The first-order chi connectivity index (χ1) is 9.46. The van der Waals surface area contributed by atoms with Gasteiger partial charge in [0.15, 0.2) is 0 Å². The van der Waals surface area contributed by atoms with E-state index in [-0.39, 0.29) is 6.09 Å². The first kappa shape index (κ1) is 14.2. The molecule has 0 spiro atoms. The van der Waals surface area contributed by atoms with E-state index in [1.165, 1.54) is 25.7 Å². The molecule has 0 bridgehead atoms. The van der Waals surface area contributed by atoms with E-state index >= 15 is 0 Å². The number of nitrogens with zero attached hydrogens (tertiary/aromatic N) is 1. The Kier molecular flexibility index (Phi) is 3.69. The Labute approximate surface area is 122 Å². The highest BCUT2D eigenvalue weighted by molar-refractivity contribution is 5.69. The fraction of sp³-hybridized carbons (Fsp3) is 0.938. The van der Waals surface area contributed by atoms with Crippen LogP contribution in [0.25, 0.3) is 0 Å². The molecule has 2 aliphatic heterocycles. The molecule has 1 N–H and O–H groups in total. The number of hydrogen-bond acceptors (Lipinski definition) is 3. The van der Waals surface area contributed by atoms with Crippen molar-refractivity contribution in [2.45, 2.75) is 58.1 Å². The number of nitrogens with one attached hydrogen (secondary N) is 1. The second-order valence-corrected chi connectivity index (χ2v) is 7.71. The molecule has 1 amide bonds. The molecule has 3 rings (SSSR count). The lowest BCUT2D eigenvalue weighted by atomic mass is 9.69. The zero-order valence-corrected chi connectivity index (χ0v) is 13.0. The molecule has 2 saturated heterocycles. The third-order valence-electron chi connectivity index (χ3n) is 5.24. The second-order valence-electron chi connectivity index (χ2n) is 7.71. The predicted molar refractivity (Wildman–Crippen MR) is 78.5 cm³/mol. The average Bonchev–Trinajstić information content (AvgIpc) is 2.65. The molecular weight excluding hydrogens is 252 g/mol. The lowest BCUT2D eigenvalue weighted by molar-refractivity contribution is 0.0193. The first-order valence-electron chi connectivity index (χ1n) is 8.16. The van der Waals surface area contributed by atoms with Crippen molar-refractivity contribution in [2.75, 3.05) is 19.6 Å². The van der Waals surface area contributed by atoms with Gasteiger partial charge in [-0.3, -0.25) is 0 Å². The second kappa shape index (κ2) is 5.21. The molecule has 1 unspecified atom stereocenters. The van der Waals surface area contributed by atoms with E-state index in [0.717, 1.165) is 25.6 Å². The Balaban J connectivity index is 1.72. The zero-order valence-electron chi connectivity index (χ0n) is 13.0. The van der Waals surface area contributed by atoms with E-state index in [1.54, 1.807) is 0 Å². The number of amides is 1. The van der Waals surface area contributed by atoms with E-state index < -0.39 is 5.60 Å². The van der Waals surface area contributed by atoms with E-state index in [1.807, 2.05) is 25.7 Å². The highest BCUT2D eigenvalue weighted by Crippen LogP contribution is 2.45. The fourth-order valence-corrected chi connectivity index (χ4v) is 4.10. The summed E-state index contributed by atoms with van der Waals surface area (Å²) >= 11 is 0. The van der Waals surface area contributed by atoms with Crippen LogP contribution in [0.1, 0.15) is 46.5 Å². The van der Waals surface area contributed by atoms with Gasteiger partial charge in [-0.15, -0.1) is 0 Å². The monoisotopic (exact) mass is 280 g/mol. The molecular formula is C16H28N2O2. The van der Waals surface area contributed by atoms with E-state index in [9.17, 15) is 4.79 Å². The Hall–Kier alpha value is -0.770. The maximum absolute atomic E-state index is 12.5. The molecule has 114 valence electrons. The Morgan fingerprint density at radius 3 is 2.55 bits per heavy atom. The summed E-state index contributed by atoms with van der Waals surface area (Å²) in [5.74, 6) is 2.26. The highest BCUT2D eigenvalue weighted by atomic mass is 16.6. The maximum atomic E-state index is 12.5. The lowest BCUT2D eigenvalue weighted by Crippen LogP contribution is -2.49. The van der Waals surface area contributed by atoms with Gasteiger partial charge in [-0.2, -0.15) is 0 Å². The summed E-state index contributed by atoms with van der Waals surface area (Å²) in [4.78, 5) is 14.5. The van der Waals surface area contributed by atoms with Crippen LogP contribution in [0.3, 0.4) is 0 Å². The van der Waals surface area contributed by atoms with Crippen LogP contribution in [0.15, 0.2) is 0 Å². The summed E-state index contributed by atoms with van der Waals surface area (Å²) in [7, 11) is 0. The minimum absolute atomic E-state index is 0.113. The smallest absolute Gasteiger partial charge is 0.410 e. The number of rotatable bonds is 1. The zero-order chi connectivity index (χ0) is 14.3. The van der Waals surface area contributed by atoms with E-state index in [2.05, 4.69) is 5.32 Å². The van der Waals surface area contributed by atoms with Gasteiger partial charge in [-0.05, 0) is 51.5 Å². The average molecular weight is 280 g/mol. The fourth-order valence-electron chi connectivity index (χ4n) is 4.10. The third kappa shape index (κ3) is 2.67. The van der Waals surface area contributed by atoms with Crippen LogP contribution in [0.4, 0.5) is 4.79 Å².